The van der Waals surface area contributed by atoms with Crippen molar-refractivity contribution in [2.24, 2.45) is 11.8 Å². The van der Waals surface area contributed by atoms with Crippen LogP contribution in [-0.4, -0.2) is 43.5 Å². The van der Waals surface area contributed by atoms with Gasteiger partial charge in [-0.05, 0) is 11.8 Å². The van der Waals surface area contributed by atoms with E-state index in [1.165, 1.54) is 0 Å². The molecule has 0 saturated carbocycles. The minimum Gasteiger partial charge on any atom is -0.387 e. The molecule has 102 valence electrons. The van der Waals surface area contributed by atoms with Gasteiger partial charge in [-0.3, -0.25) is 4.90 Å². The van der Waals surface area contributed by atoms with Gasteiger partial charge in [-0.1, -0.05) is 27.7 Å². The Hall–Kier alpha value is -0.940. The van der Waals surface area contributed by atoms with E-state index < -0.39 is 5.60 Å². The third-order valence-electron chi connectivity index (χ3n) is 3.67. The van der Waals surface area contributed by atoms with Crippen LogP contribution in [0.3, 0.4) is 0 Å². The predicted molar refractivity (Wildman–Crippen MR) is 69.9 cm³/mol. The number of hydrogen-bond donors (Lipinski definition) is 1. The van der Waals surface area contributed by atoms with Crippen molar-refractivity contribution in [2.45, 2.75) is 46.4 Å². The maximum absolute atomic E-state index is 10.2. The van der Waals surface area contributed by atoms with Gasteiger partial charge < -0.3 is 5.11 Å². The van der Waals surface area contributed by atoms with Crippen molar-refractivity contribution in [3.05, 3.63) is 12.2 Å². The number of likely N-dealkylation sites (tertiary alicyclic amines) is 1. The Morgan fingerprint density at radius 3 is 2.56 bits per heavy atom. The Morgan fingerprint density at radius 2 is 2.00 bits per heavy atom. The molecule has 2 heterocycles. The summed E-state index contributed by atoms with van der Waals surface area (Å²) in [4.78, 5) is 6.54. The number of β-amino-alcohol motifs (C(OH)–C–C–N with tert-alkyl or cyclic N) is 1. The number of rotatable bonds is 5. The summed E-state index contributed by atoms with van der Waals surface area (Å²) >= 11 is 0. The Labute approximate surface area is 109 Å². The first-order valence-electron chi connectivity index (χ1n) is 6.72. The molecule has 0 aliphatic carbocycles. The lowest BCUT2D eigenvalue weighted by atomic mass is 9.83. The predicted octanol–water partition coefficient (Wildman–Crippen LogP) is 1.14. The second-order valence-electron chi connectivity index (χ2n) is 6.16. The molecule has 1 aliphatic heterocycles. The van der Waals surface area contributed by atoms with E-state index in [1.807, 2.05) is 4.68 Å². The molecule has 1 saturated heterocycles. The first-order valence-corrected chi connectivity index (χ1v) is 6.72. The zero-order valence-corrected chi connectivity index (χ0v) is 11.8. The van der Waals surface area contributed by atoms with Gasteiger partial charge in [0.2, 0.25) is 0 Å². The number of nitrogens with zero attached hydrogens (tertiary/aromatic N) is 4. The standard InChI is InChI=1S/C13H24N4O/c1-10(2)5-17-12(14-9-15-17)6-16-7-13(18,8-16)11(3)4/h9-11,18H,5-8H2,1-4H3. The minimum atomic E-state index is -0.511. The van der Waals surface area contributed by atoms with Crippen molar-refractivity contribution < 1.29 is 5.11 Å². The molecular formula is C13H24N4O. The Bertz CT molecular complexity index is 393. The number of aromatic nitrogens is 3. The SMILES string of the molecule is CC(C)Cn1ncnc1CN1CC(O)(C(C)C)C1. The molecule has 0 atom stereocenters. The summed E-state index contributed by atoms with van der Waals surface area (Å²) in [6.45, 7) is 11.6. The highest BCUT2D eigenvalue weighted by Gasteiger charge is 2.43. The van der Waals surface area contributed by atoms with Gasteiger partial charge in [-0.25, -0.2) is 9.67 Å². The maximum atomic E-state index is 10.2. The average Bonchev–Trinajstić information content (AvgIpc) is 2.62. The van der Waals surface area contributed by atoms with Crippen molar-refractivity contribution in [1.29, 1.82) is 0 Å². The van der Waals surface area contributed by atoms with Crippen LogP contribution in [0.15, 0.2) is 6.33 Å². The molecule has 18 heavy (non-hydrogen) atoms. The van der Waals surface area contributed by atoms with Crippen LogP contribution in [0, 0.1) is 11.8 Å². The van der Waals surface area contributed by atoms with Gasteiger partial charge in [0.05, 0.1) is 12.1 Å². The maximum Gasteiger partial charge on any atom is 0.141 e. The summed E-state index contributed by atoms with van der Waals surface area (Å²) in [5.41, 5.74) is -0.511. The lowest BCUT2D eigenvalue weighted by molar-refractivity contribution is -0.131. The summed E-state index contributed by atoms with van der Waals surface area (Å²) in [7, 11) is 0. The van der Waals surface area contributed by atoms with Crippen LogP contribution >= 0.6 is 0 Å². The van der Waals surface area contributed by atoms with Gasteiger partial charge in [-0.15, -0.1) is 0 Å². The number of hydrogen-bond acceptors (Lipinski definition) is 4. The van der Waals surface area contributed by atoms with Gasteiger partial charge in [0.25, 0.3) is 0 Å². The smallest absolute Gasteiger partial charge is 0.141 e. The lowest BCUT2D eigenvalue weighted by Gasteiger charge is -2.48. The van der Waals surface area contributed by atoms with Crippen LogP contribution in [0.4, 0.5) is 0 Å². The summed E-state index contributed by atoms with van der Waals surface area (Å²) in [6.07, 6.45) is 1.62. The average molecular weight is 252 g/mol. The van der Waals surface area contributed by atoms with Crippen LogP contribution in [-0.2, 0) is 13.1 Å². The fourth-order valence-corrected chi connectivity index (χ4v) is 2.31. The summed E-state index contributed by atoms with van der Waals surface area (Å²) in [5.74, 6) is 1.87. The lowest BCUT2D eigenvalue weighted by Crippen LogP contribution is -2.64. The second-order valence-corrected chi connectivity index (χ2v) is 6.16. The molecule has 5 nitrogen and oxygen atoms in total. The normalized spacial score (nSPS) is 19.5. The van der Waals surface area contributed by atoms with Gasteiger partial charge >= 0.3 is 0 Å². The summed E-state index contributed by atoms with van der Waals surface area (Å²) in [6, 6.07) is 0. The third-order valence-corrected chi connectivity index (χ3v) is 3.67. The molecule has 2 rings (SSSR count). The van der Waals surface area contributed by atoms with Crippen molar-refractivity contribution in [3.8, 4) is 0 Å². The highest BCUT2D eigenvalue weighted by Crippen LogP contribution is 2.29. The molecule has 0 bridgehead atoms. The molecule has 1 aromatic heterocycles. The van der Waals surface area contributed by atoms with Crippen molar-refractivity contribution >= 4 is 0 Å². The van der Waals surface area contributed by atoms with Gasteiger partial charge in [-0.2, -0.15) is 5.10 Å². The van der Waals surface area contributed by atoms with E-state index in [0.29, 0.717) is 11.8 Å². The van der Waals surface area contributed by atoms with Crippen LogP contribution in [0.25, 0.3) is 0 Å². The van der Waals surface area contributed by atoms with E-state index in [2.05, 4.69) is 42.7 Å². The fourth-order valence-electron chi connectivity index (χ4n) is 2.31. The van der Waals surface area contributed by atoms with E-state index in [4.69, 9.17) is 0 Å². The fraction of sp³-hybridized carbons (Fsp3) is 0.846. The highest BCUT2D eigenvalue weighted by molar-refractivity contribution is 4.99. The second kappa shape index (κ2) is 4.97. The van der Waals surface area contributed by atoms with Crippen molar-refractivity contribution in [2.75, 3.05) is 13.1 Å². The zero-order chi connectivity index (χ0) is 13.3. The molecule has 0 aromatic carbocycles. The monoisotopic (exact) mass is 252 g/mol. The topological polar surface area (TPSA) is 54.2 Å². The highest BCUT2D eigenvalue weighted by atomic mass is 16.3. The number of aliphatic hydroxyl groups is 1. The van der Waals surface area contributed by atoms with Crippen molar-refractivity contribution in [1.82, 2.24) is 19.7 Å². The molecule has 0 unspecified atom stereocenters. The minimum absolute atomic E-state index is 0.308. The van der Waals surface area contributed by atoms with E-state index in [9.17, 15) is 5.11 Å². The van der Waals surface area contributed by atoms with Gasteiger partial charge in [0, 0.05) is 19.6 Å². The first-order chi connectivity index (χ1) is 8.40. The van der Waals surface area contributed by atoms with Crippen molar-refractivity contribution in [3.63, 3.8) is 0 Å². The molecule has 0 amide bonds. The molecule has 1 aromatic rings. The van der Waals surface area contributed by atoms with Crippen LogP contribution in [0.5, 0.6) is 0 Å². The quantitative estimate of drug-likeness (QED) is 0.853. The van der Waals surface area contributed by atoms with Crippen LogP contribution in [0.1, 0.15) is 33.5 Å². The summed E-state index contributed by atoms with van der Waals surface area (Å²) in [5, 5.41) is 14.5. The molecule has 0 spiro atoms. The zero-order valence-electron chi connectivity index (χ0n) is 11.8. The van der Waals surface area contributed by atoms with E-state index in [1.54, 1.807) is 6.33 Å². The Kier molecular flexibility index (Phi) is 3.73. The Morgan fingerprint density at radius 1 is 1.33 bits per heavy atom. The van der Waals surface area contributed by atoms with E-state index in [-0.39, 0.29) is 0 Å². The third kappa shape index (κ3) is 2.72. The first kappa shape index (κ1) is 13.5. The van der Waals surface area contributed by atoms with Gasteiger partial charge in [0.15, 0.2) is 0 Å². The Balaban J connectivity index is 1.91. The largest absolute Gasteiger partial charge is 0.387 e. The van der Waals surface area contributed by atoms with Crippen LogP contribution in [0.2, 0.25) is 0 Å². The van der Waals surface area contributed by atoms with Crippen LogP contribution < -0.4 is 0 Å². The molecule has 5 heteroatoms. The molecule has 1 fully saturated rings. The van der Waals surface area contributed by atoms with Gasteiger partial charge in [0.1, 0.15) is 12.2 Å². The molecule has 1 N–H and O–H groups in total. The molecule has 0 radical (unpaired) electrons. The van der Waals surface area contributed by atoms with E-state index >= 15 is 0 Å². The molecule has 1 aliphatic rings. The molecular weight excluding hydrogens is 228 g/mol. The van der Waals surface area contributed by atoms with E-state index in [0.717, 1.165) is 32.0 Å². The summed E-state index contributed by atoms with van der Waals surface area (Å²) < 4.78 is 1.97.